The molecular formula is C14H22NOSSi. The van der Waals surface area contributed by atoms with Gasteiger partial charge in [-0.3, -0.25) is 0 Å². The van der Waals surface area contributed by atoms with Gasteiger partial charge in [-0.15, -0.1) is 0 Å². The highest BCUT2D eigenvalue weighted by Gasteiger charge is 2.18. The van der Waals surface area contributed by atoms with Crippen molar-refractivity contribution in [2.45, 2.75) is 38.9 Å². The average molecular weight is 280 g/mol. The summed E-state index contributed by atoms with van der Waals surface area (Å²) in [5.41, 5.74) is 0.125. The molecule has 0 unspecified atom stereocenters. The smallest absolute Gasteiger partial charge is 0.205 e. The fourth-order valence-corrected chi connectivity index (χ4v) is 2.66. The molecule has 1 radical (unpaired) electrons. The predicted octanol–water partition coefficient (Wildman–Crippen LogP) is 4.37. The molecule has 4 heteroatoms. The van der Waals surface area contributed by atoms with Crippen LogP contribution < -0.4 is 0 Å². The van der Waals surface area contributed by atoms with Gasteiger partial charge < -0.3 is 4.43 Å². The van der Waals surface area contributed by atoms with Crippen LogP contribution in [0, 0.1) is 5.41 Å². The Morgan fingerprint density at radius 3 is 2.61 bits per heavy atom. The molecule has 0 fully saturated rings. The van der Waals surface area contributed by atoms with E-state index in [1.165, 1.54) is 4.91 Å². The highest BCUT2D eigenvalue weighted by molar-refractivity contribution is 8.03. The number of rotatable bonds is 5. The van der Waals surface area contributed by atoms with E-state index in [2.05, 4.69) is 44.9 Å². The second kappa shape index (κ2) is 7.12. The largest absolute Gasteiger partial charge is 0.413 e. The molecule has 0 aliphatic heterocycles. The lowest BCUT2D eigenvalue weighted by Gasteiger charge is -2.22. The molecule has 1 rings (SSSR count). The first-order valence-corrected chi connectivity index (χ1v) is 9.34. The van der Waals surface area contributed by atoms with Crippen molar-refractivity contribution in [1.29, 1.82) is 0 Å². The lowest BCUT2D eigenvalue weighted by Crippen LogP contribution is -2.11. The third-order valence-corrected chi connectivity index (χ3v) is 4.43. The van der Waals surface area contributed by atoms with Crippen LogP contribution in [0.15, 0.2) is 40.4 Å². The van der Waals surface area contributed by atoms with Gasteiger partial charge in [-0.1, -0.05) is 38.6 Å². The van der Waals surface area contributed by atoms with Gasteiger partial charge in [-0.05, 0) is 41.6 Å². The van der Waals surface area contributed by atoms with Crippen molar-refractivity contribution in [1.82, 2.24) is 4.98 Å². The quantitative estimate of drug-likeness (QED) is 0.590. The second-order valence-corrected chi connectivity index (χ2v) is 8.48. The van der Waals surface area contributed by atoms with E-state index in [0.29, 0.717) is 6.61 Å². The molecule has 1 heterocycles. The topological polar surface area (TPSA) is 22.1 Å². The van der Waals surface area contributed by atoms with Crippen LogP contribution in [0.1, 0.15) is 20.8 Å². The Morgan fingerprint density at radius 2 is 2.11 bits per heavy atom. The number of thioether (sulfide) groups is 1. The minimum atomic E-state index is -0.617. The number of nitrogens with zero attached hydrogens (tertiary/aromatic N) is 1. The lowest BCUT2D eigenvalue weighted by molar-refractivity contribution is 0.371. The fraction of sp³-hybridized carbons (Fsp3) is 0.500. The summed E-state index contributed by atoms with van der Waals surface area (Å²) in [7, 11) is -0.617. The minimum Gasteiger partial charge on any atom is -0.413 e. The SMILES string of the molecule is C[Si](C)OCC=C(Sc1ccccn1)C(C)(C)C. The summed E-state index contributed by atoms with van der Waals surface area (Å²) in [6.45, 7) is 11.7. The number of hydrogen-bond acceptors (Lipinski definition) is 3. The van der Waals surface area contributed by atoms with Gasteiger partial charge in [0.15, 0.2) is 0 Å². The molecule has 0 bridgehead atoms. The molecule has 0 aliphatic rings. The Kier molecular flexibility index (Phi) is 6.12. The number of allylic oxidation sites excluding steroid dienone is 1. The molecule has 0 N–H and O–H groups in total. The van der Waals surface area contributed by atoms with E-state index < -0.39 is 9.04 Å². The zero-order valence-corrected chi connectivity index (χ0v) is 13.7. The molecule has 18 heavy (non-hydrogen) atoms. The summed E-state index contributed by atoms with van der Waals surface area (Å²) in [4.78, 5) is 5.67. The van der Waals surface area contributed by atoms with E-state index >= 15 is 0 Å². The Balaban J connectivity index is 2.74. The van der Waals surface area contributed by atoms with Crippen LogP contribution in [0.4, 0.5) is 0 Å². The number of pyridine rings is 1. The predicted molar refractivity (Wildman–Crippen MR) is 81.1 cm³/mol. The molecule has 0 amide bonds. The molecule has 0 saturated heterocycles. The maximum atomic E-state index is 5.70. The first-order chi connectivity index (χ1) is 8.39. The van der Waals surface area contributed by atoms with Gasteiger partial charge in [-0.2, -0.15) is 0 Å². The van der Waals surface area contributed by atoms with E-state index in [9.17, 15) is 0 Å². The van der Waals surface area contributed by atoms with Crippen LogP contribution in [0.2, 0.25) is 13.1 Å². The highest BCUT2D eigenvalue weighted by atomic mass is 32.2. The first-order valence-electron chi connectivity index (χ1n) is 6.12. The number of aromatic nitrogens is 1. The Labute approximate surface area is 117 Å². The maximum absolute atomic E-state index is 5.70. The molecule has 0 saturated carbocycles. The summed E-state index contributed by atoms with van der Waals surface area (Å²) in [5, 5.41) is 1.04. The van der Waals surface area contributed by atoms with Gasteiger partial charge in [0.05, 0.1) is 6.61 Å². The standard InChI is InChI=1S/C14H22NOSSi/c1-14(2,3)12(9-11-16-18(4)5)17-13-8-6-7-10-15-13/h6-10H,11H2,1-5H3. The van der Waals surface area contributed by atoms with Gasteiger partial charge >= 0.3 is 0 Å². The van der Waals surface area contributed by atoms with E-state index in [0.717, 1.165) is 5.03 Å². The van der Waals surface area contributed by atoms with Gasteiger partial charge in [0.25, 0.3) is 0 Å². The zero-order chi connectivity index (χ0) is 13.6. The van der Waals surface area contributed by atoms with Crippen LogP contribution >= 0.6 is 11.8 Å². The molecule has 0 aromatic carbocycles. The monoisotopic (exact) mass is 280 g/mol. The highest BCUT2D eigenvalue weighted by Crippen LogP contribution is 2.38. The van der Waals surface area contributed by atoms with Gasteiger partial charge in [0.2, 0.25) is 9.04 Å². The second-order valence-electron chi connectivity index (χ2n) is 5.31. The zero-order valence-electron chi connectivity index (χ0n) is 11.9. The van der Waals surface area contributed by atoms with E-state index in [1.807, 2.05) is 24.4 Å². The van der Waals surface area contributed by atoms with Crippen LogP contribution in [-0.2, 0) is 4.43 Å². The summed E-state index contributed by atoms with van der Waals surface area (Å²) >= 11 is 1.73. The lowest BCUT2D eigenvalue weighted by atomic mass is 9.96. The minimum absolute atomic E-state index is 0.125. The van der Waals surface area contributed by atoms with Crippen molar-refractivity contribution >= 4 is 20.8 Å². The van der Waals surface area contributed by atoms with Gasteiger partial charge in [-0.25, -0.2) is 4.98 Å². The van der Waals surface area contributed by atoms with Crippen molar-refractivity contribution < 1.29 is 4.43 Å². The Bertz CT molecular complexity index is 385. The molecule has 1 aromatic heterocycles. The van der Waals surface area contributed by atoms with Gasteiger partial charge in [0, 0.05) is 6.20 Å². The van der Waals surface area contributed by atoms with Crippen molar-refractivity contribution in [3.8, 4) is 0 Å². The van der Waals surface area contributed by atoms with E-state index in [1.54, 1.807) is 11.8 Å². The molecule has 0 spiro atoms. The summed E-state index contributed by atoms with van der Waals surface area (Å²) in [6, 6.07) is 6.00. The third kappa shape index (κ3) is 5.84. The van der Waals surface area contributed by atoms with Crippen molar-refractivity contribution in [3.05, 3.63) is 35.4 Å². The Morgan fingerprint density at radius 1 is 1.39 bits per heavy atom. The summed E-state index contributed by atoms with van der Waals surface area (Å²) in [5.74, 6) is 0. The number of hydrogen-bond donors (Lipinski definition) is 0. The van der Waals surface area contributed by atoms with Crippen molar-refractivity contribution in [2.24, 2.45) is 5.41 Å². The van der Waals surface area contributed by atoms with Crippen LogP contribution in [0.5, 0.6) is 0 Å². The average Bonchev–Trinajstić information content (AvgIpc) is 2.27. The van der Waals surface area contributed by atoms with Crippen molar-refractivity contribution in [3.63, 3.8) is 0 Å². The first kappa shape index (κ1) is 15.5. The van der Waals surface area contributed by atoms with Gasteiger partial charge in [0.1, 0.15) is 5.03 Å². The van der Waals surface area contributed by atoms with E-state index in [-0.39, 0.29) is 5.41 Å². The molecular weight excluding hydrogens is 258 g/mol. The summed E-state index contributed by atoms with van der Waals surface area (Å²) < 4.78 is 5.70. The third-order valence-electron chi connectivity index (χ3n) is 2.23. The molecule has 1 aromatic rings. The fourth-order valence-electron chi connectivity index (χ4n) is 1.31. The molecule has 2 nitrogen and oxygen atoms in total. The maximum Gasteiger partial charge on any atom is 0.205 e. The van der Waals surface area contributed by atoms with Crippen molar-refractivity contribution in [2.75, 3.05) is 6.61 Å². The van der Waals surface area contributed by atoms with Crippen LogP contribution in [0.25, 0.3) is 0 Å². The molecule has 99 valence electrons. The van der Waals surface area contributed by atoms with Crippen LogP contribution in [0.3, 0.4) is 0 Å². The van der Waals surface area contributed by atoms with Crippen LogP contribution in [-0.4, -0.2) is 20.6 Å². The molecule has 0 atom stereocenters. The molecule has 0 aliphatic carbocycles. The normalized spacial score (nSPS) is 13.1. The Hall–Kier alpha value is -0.583. The van der Waals surface area contributed by atoms with E-state index in [4.69, 9.17) is 4.43 Å². The summed E-state index contributed by atoms with van der Waals surface area (Å²) in [6.07, 6.45) is 4.02.